The van der Waals surface area contributed by atoms with Gasteiger partial charge in [-0.1, -0.05) is 42.5 Å². The molecule has 0 saturated heterocycles. The minimum atomic E-state index is -2.93. The van der Waals surface area contributed by atoms with Gasteiger partial charge in [-0.05, 0) is 30.2 Å². The number of benzene rings is 2. The van der Waals surface area contributed by atoms with Crippen molar-refractivity contribution >= 4 is 17.7 Å². The van der Waals surface area contributed by atoms with Gasteiger partial charge < -0.3 is 19.6 Å². The number of ketones is 1. The minimum Gasteiger partial charge on any atom is -0.456 e. The van der Waals surface area contributed by atoms with Gasteiger partial charge in [-0.2, -0.15) is 8.78 Å². The number of alkyl halides is 2. The number of carbonyl (C=O) groups is 3. The lowest BCUT2D eigenvalue weighted by atomic mass is 9.98. The van der Waals surface area contributed by atoms with Gasteiger partial charge in [-0.3, -0.25) is 9.59 Å². The molecular weight excluding hydrogens is 384 g/mol. The summed E-state index contributed by atoms with van der Waals surface area (Å²) in [6.07, 6.45) is -0.0313. The number of nitrogens with one attached hydrogen (secondary N) is 1. The summed E-state index contributed by atoms with van der Waals surface area (Å²) < 4.78 is 33.9. The van der Waals surface area contributed by atoms with E-state index in [1.807, 2.05) is 6.07 Å². The van der Waals surface area contributed by atoms with Crippen LogP contribution >= 0.6 is 0 Å². The zero-order valence-electron chi connectivity index (χ0n) is 15.8. The molecule has 29 heavy (non-hydrogen) atoms. The highest BCUT2D eigenvalue weighted by Gasteiger charge is 2.18. The molecule has 2 aromatic rings. The highest BCUT2D eigenvalue weighted by molar-refractivity contribution is 5.83. The molecule has 6 nitrogen and oxygen atoms in total. The molecule has 0 heterocycles. The van der Waals surface area contributed by atoms with E-state index in [0.29, 0.717) is 5.56 Å². The molecule has 0 bridgehead atoms. The Morgan fingerprint density at radius 3 is 2.14 bits per heavy atom. The van der Waals surface area contributed by atoms with Crippen molar-refractivity contribution in [3.05, 3.63) is 65.7 Å². The Morgan fingerprint density at radius 1 is 0.931 bits per heavy atom. The first-order valence-electron chi connectivity index (χ1n) is 8.89. The SMILES string of the molecule is CC(=O)CCC(=O)OCC(=O)N[C@H](c1ccccc1)c1ccc(OC(F)F)cc1. The van der Waals surface area contributed by atoms with E-state index < -0.39 is 31.1 Å². The number of hydrogen-bond donors (Lipinski definition) is 1. The molecule has 0 unspecified atom stereocenters. The summed E-state index contributed by atoms with van der Waals surface area (Å²) in [6, 6.07) is 14.3. The first kappa shape index (κ1) is 22.0. The molecule has 0 aliphatic heterocycles. The van der Waals surface area contributed by atoms with E-state index in [9.17, 15) is 23.2 Å². The predicted octanol–water partition coefficient (Wildman–Crippen LogP) is 3.41. The predicted molar refractivity (Wildman–Crippen MR) is 100 cm³/mol. The quantitative estimate of drug-likeness (QED) is 0.613. The molecule has 0 aliphatic carbocycles. The smallest absolute Gasteiger partial charge is 0.387 e. The molecule has 0 fully saturated rings. The summed E-state index contributed by atoms with van der Waals surface area (Å²) >= 11 is 0. The number of amides is 1. The summed E-state index contributed by atoms with van der Waals surface area (Å²) in [4.78, 5) is 34.7. The summed E-state index contributed by atoms with van der Waals surface area (Å²) in [5.74, 6) is -1.32. The summed E-state index contributed by atoms with van der Waals surface area (Å²) in [7, 11) is 0. The molecule has 1 amide bonds. The molecule has 0 aliphatic rings. The van der Waals surface area contributed by atoms with Gasteiger partial charge in [0.2, 0.25) is 0 Å². The average molecular weight is 405 g/mol. The Labute approximate surface area is 166 Å². The molecule has 1 atom stereocenters. The van der Waals surface area contributed by atoms with Gasteiger partial charge in [-0.15, -0.1) is 0 Å². The third-order valence-corrected chi connectivity index (χ3v) is 3.92. The highest BCUT2D eigenvalue weighted by Crippen LogP contribution is 2.24. The van der Waals surface area contributed by atoms with Crippen LogP contribution in [0.3, 0.4) is 0 Å². The lowest BCUT2D eigenvalue weighted by Crippen LogP contribution is -2.33. The van der Waals surface area contributed by atoms with Crippen molar-refractivity contribution in [2.45, 2.75) is 32.4 Å². The number of halogens is 2. The van der Waals surface area contributed by atoms with Gasteiger partial charge in [0.1, 0.15) is 11.5 Å². The second-order valence-electron chi connectivity index (χ2n) is 6.22. The summed E-state index contributed by atoms with van der Waals surface area (Å²) in [5, 5.41) is 2.76. The van der Waals surface area contributed by atoms with Crippen molar-refractivity contribution in [1.29, 1.82) is 0 Å². The topological polar surface area (TPSA) is 81.7 Å². The van der Waals surface area contributed by atoms with E-state index >= 15 is 0 Å². The van der Waals surface area contributed by atoms with Crippen molar-refractivity contribution < 1.29 is 32.6 Å². The van der Waals surface area contributed by atoms with Crippen LogP contribution < -0.4 is 10.1 Å². The second-order valence-corrected chi connectivity index (χ2v) is 6.22. The van der Waals surface area contributed by atoms with Crippen LogP contribution in [-0.2, 0) is 19.1 Å². The Kier molecular flexibility index (Phi) is 8.27. The van der Waals surface area contributed by atoms with Gasteiger partial charge in [0.15, 0.2) is 6.61 Å². The molecule has 0 spiro atoms. The van der Waals surface area contributed by atoms with Gasteiger partial charge in [-0.25, -0.2) is 0 Å². The van der Waals surface area contributed by atoms with Crippen LogP contribution in [0.4, 0.5) is 8.78 Å². The maximum atomic E-state index is 12.3. The third kappa shape index (κ3) is 7.69. The van der Waals surface area contributed by atoms with Gasteiger partial charge >= 0.3 is 12.6 Å². The maximum absolute atomic E-state index is 12.3. The van der Waals surface area contributed by atoms with Gasteiger partial charge in [0.05, 0.1) is 12.5 Å². The van der Waals surface area contributed by atoms with Crippen molar-refractivity contribution in [3.63, 3.8) is 0 Å². The molecule has 2 rings (SSSR count). The van der Waals surface area contributed by atoms with E-state index in [-0.39, 0.29) is 24.4 Å². The molecule has 8 heteroatoms. The Balaban J connectivity index is 2.06. The van der Waals surface area contributed by atoms with Crippen LogP contribution in [0.25, 0.3) is 0 Å². The fraction of sp³-hybridized carbons (Fsp3) is 0.286. The fourth-order valence-corrected chi connectivity index (χ4v) is 2.55. The number of ether oxygens (including phenoxy) is 2. The summed E-state index contributed by atoms with van der Waals surface area (Å²) in [6.45, 7) is -2.06. The Morgan fingerprint density at radius 2 is 1.55 bits per heavy atom. The second kappa shape index (κ2) is 10.9. The van der Waals surface area contributed by atoms with Crippen LogP contribution in [0.2, 0.25) is 0 Å². The maximum Gasteiger partial charge on any atom is 0.387 e. The number of hydrogen-bond acceptors (Lipinski definition) is 5. The van der Waals surface area contributed by atoms with Crippen molar-refractivity contribution in [1.82, 2.24) is 5.32 Å². The van der Waals surface area contributed by atoms with E-state index in [2.05, 4.69) is 10.1 Å². The molecule has 0 radical (unpaired) electrons. The fourth-order valence-electron chi connectivity index (χ4n) is 2.55. The van der Waals surface area contributed by atoms with Crippen LogP contribution in [0.5, 0.6) is 5.75 Å². The average Bonchev–Trinajstić information content (AvgIpc) is 2.70. The normalized spacial score (nSPS) is 11.6. The molecular formula is C21H21F2NO5. The highest BCUT2D eigenvalue weighted by atomic mass is 19.3. The Bertz CT molecular complexity index is 825. The van der Waals surface area contributed by atoms with Crippen LogP contribution in [-0.4, -0.2) is 30.9 Å². The van der Waals surface area contributed by atoms with Crippen LogP contribution in [0, 0.1) is 0 Å². The molecule has 1 N–H and O–H groups in total. The number of carbonyl (C=O) groups excluding carboxylic acids is 3. The zero-order chi connectivity index (χ0) is 21.2. The summed E-state index contributed by atoms with van der Waals surface area (Å²) in [5.41, 5.74) is 1.39. The van der Waals surface area contributed by atoms with E-state index in [1.54, 1.807) is 36.4 Å². The van der Waals surface area contributed by atoms with E-state index in [0.717, 1.165) is 5.56 Å². The van der Waals surface area contributed by atoms with Gasteiger partial charge in [0, 0.05) is 6.42 Å². The van der Waals surface area contributed by atoms with Crippen molar-refractivity contribution in [2.24, 2.45) is 0 Å². The largest absolute Gasteiger partial charge is 0.456 e. The zero-order valence-corrected chi connectivity index (χ0v) is 15.8. The van der Waals surface area contributed by atoms with Crippen LogP contribution in [0.15, 0.2) is 54.6 Å². The molecule has 154 valence electrons. The molecule has 2 aromatic carbocycles. The first-order chi connectivity index (χ1) is 13.8. The monoisotopic (exact) mass is 405 g/mol. The number of Topliss-reactive ketones (excluding diaryl/α,β-unsaturated/α-hetero) is 1. The van der Waals surface area contributed by atoms with Gasteiger partial charge in [0.25, 0.3) is 5.91 Å². The van der Waals surface area contributed by atoms with Crippen LogP contribution in [0.1, 0.15) is 36.9 Å². The lowest BCUT2D eigenvalue weighted by Gasteiger charge is -2.20. The van der Waals surface area contributed by atoms with Crippen molar-refractivity contribution in [2.75, 3.05) is 6.61 Å². The van der Waals surface area contributed by atoms with Crippen molar-refractivity contribution in [3.8, 4) is 5.75 Å². The Hall–Kier alpha value is -3.29. The standard InChI is InChI=1S/C21H21F2NO5/c1-14(25)7-12-19(27)28-13-18(26)24-20(15-5-3-2-4-6-15)16-8-10-17(11-9-16)29-21(22)23/h2-6,8-11,20-21H,7,12-13H2,1H3,(H,24,26)/t20-/m1/s1. The molecule has 0 aromatic heterocycles. The minimum absolute atomic E-state index is 0.00119. The first-order valence-corrected chi connectivity index (χ1v) is 8.89. The lowest BCUT2D eigenvalue weighted by molar-refractivity contribution is -0.149. The molecule has 0 saturated carbocycles. The third-order valence-electron chi connectivity index (χ3n) is 3.92. The van der Waals surface area contributed by atoms with E-state index in [4.69, 9.17) is 4.74 Å². The number of rotatable bonds is 10. The number of esters is 1. The van der Waals surface area contributed by atoms with E-state index in [1.165, 1.54) is 19.1 Å².